The van der Waals surface area contributed by atoms with Crippen molar-refractivity contribution in [3.63, 3.8) is 0 Å². The van der Waals surface area contributed by atoms with Gasteiger partial charge >= 0.3 is 0 Å². The van der Waals surface area contributed by atoms with Gasteiger partial charge in [-0.1, -0.05) is 26.8 Å². The molecule has 0 aliphatic rings. The van der Waals surface area contributed by atoms with Crippen molar-refractivity contribution in [2.75, 3.05) is 18.9 Å². The second kappa shape index (κ2) is 10.9. The molecule has 0 atom stereocenters. The SMILES string of the molecule is CN=C(Nc1ccc(I)cc1C)/C(C(=O)NCCC(C)(C)C)=C(\O)C(=N)c1cccs1. The number of rotatable bonds is 7. The number of allylic oxidation sites excluding steroid dienone is 1. The first-order chi connectivity index (χ1) is 14.5. The second-order valence-electron chi connectivity index (χ2n) is 8.30. The summed E-state index contributed by atoms with van der Waals surface area (Å²) < 4.78 is 1.09. The molecule has 0 saturated heterocycles. The van der Waals surface area contributed by atoms with E-state index in [1.165, 1.54) is 11.3 Å². The molecule has 0 bridgehead atoms. The van der Waals surface area contributed by atoms with E-state index in [-0.39, 0.29) is 22.5 Å². The summed E-state index contributed by atoms with van der Waals surface area (Å²) in [7, 11) is 1.55. The fourth-order valence-electron chi connectivity index (χ4n) is 2.75. The lowest BCUT2D eigenvalue weighted by Gasteiger charge is -2.20. The van der Waals surface area contributed by atoms with E-state index in [9.17, 15) is 9.90 Å². The van der Waals surface area contributed by atoms with Crippen molar-refractivity contribution in [1.29, 1.82) is 5.41 Å². The van der Waals surface area contributed by atoms with Gasteiger partial charge in [0.1, 0.15) is 17.1 Å². The van der Waals surface area contributed by atoms with E-state index in [4.69, 9.17) is 5.41 Å². The van der Waals surface area contributed by atoms with Gasteiger partial charge in [-0.2, -0.15) is 0 Å². The van der Waals surface area contributed by atoms with E-state index in [1.54, 1.807) is 19.2 Å². The number of aliphatic hydroxyl groups excluding tert-OH is 1. The number of nitrogens with zero attached hydrogens (tertiary/aromatic N) is 1. The van der Waals surface area contributed by atoms with Gasteiger partial charge in [-0.3, -0.25) is 15.2 Å². The van der Waals surface area contributed by atoms with Gasteiger partial charge in [0.15, 0.2) is 5.76 Å². The van der Waals surface area contributed by atoms with Crippen molar-refractivity contribution in [1.82, 2.24) is 5.32 Å². The maximum absolute atomic E-state index is 13.1. The van der Waals surface area contributed by atoms with Crippen LogP contribution in [-0.2, 0) is 4.79 Å². The number of aliphatic hydroxyl groups is 1. The molecule has 6 nitrogen and oxygen atoms in total. The topological polar surface area (TPSA) is 97.6 Å². The molecule has 1 heterocycles. The zero-order valence-electron chi connectivity index (χ0n) is 18.5. The summed E-state index contributed by atoms with van der Waals surface area (Å²) in [6.45, 7) is 8.70. The average Bonchev–Trinajstić information content (AvgIpc) is 3.22. The Morgan fingerprint density at radius 1 is 1.29 bits per heavy atom. The Morgan fingerprint density at radius 3 is 2.55 bits per heavy atom. The molecule has 8 heteroatoms. The van der Waals surface area contributed by atoms with E-state index in [1.807, 2.05) is 30.5 Å². The van der Waals surface area contributed by atoms with Gasteiger partial charge in [0.05, 0.1) is 4.88 Å². The van der Waals surface area contributed by atoms with Crippen molar-refractivity contribution in [2.45, 2.75) is 34.1 Å². The number of aryl methyl sites for hydroxylation is 1. The summed E-state index contributed by atoms with van der Waals surface area (Å²) in [6.07, 6.45) is 0.775. The number of thiophene rings is 1. The van der Waals surface area contributed by atoms with Gasteiger partial charge < -0.3 is 15.7 Å². The molecular formula is C23H29IN4O2S. The van der Waals surface area contributed by atoms with E-state index in [0.717, 1.165) is 21.2 Å². The van der Waals surface area contributed by atoms with Gasteiger partial charge in [0, 0.05) is 22.8 Å². The minimum Gasteiger partial charge on any atom is -0.505 e. The molecule has 0 aliphatic heterocycles. The number of nitrogens with one attached hydrogen (secondary N) is 3. The highest BCUT2D eigenvalue weighted by atomic mass is 127. The standard InChI is InChI=1S/C23H29IN4O2S/c1-14-13-15(24)8-9-16(14)28-21(26-5)18(22(30)27-11-10-23(2,3)4)20(29)19(25)17-7-6-12-31-17/h6-9,12-13,25,29H,10-11H2,1-5H3,(H,26,28)(H,27,30)/b20-18+,25-19?. The van der Waals surface area contributed by atoms with Crippen molar-refractivity contribution in [3.05, 3.63) is 61.1 Å². The smallest absolute Gasteiger partial charge is 0.258 e. The van der Waals surface area contributed by atoms with E-state index < -0.39 is 11.7 Å². The number of carbonyl (C=O) groups is 1. The molecule has 1 amide bonds. The molecule has 31 heavy (non-hydrogen) atoms. The van der Waals surface area contributed by atoms with Gasteiger partial charge in [0.25, 0.3) is 5.91 Å². The normalized spacial score (nSPS) is 12.9. The van der Waals surface area contributed by atoms with Crippen LogP contribution in [0.4, 0.5) is 5.69 Å². The fraction of sp³-hybridized carbons (Fsp3) is 0.348. The minimum absolute atomic E-state index is 0.0484. The number of anilines is 1. The molecule has 0 fully saturated rings. The quantitative estimate of drug-likeness (QED) is 0.120. The number of halogens is 1. The Bertz CT molecular complexity index is 1010. The monoisotopic (exact) mass is 552 g/mol. The maximum Gasteiger partial charge on any atom is 0.258 e. The zero-order valence-corrected chi connectivity index (χ0v) is 21.4. The Kier molecular flexibility index (Phi) is 8.81. The van der Waals surface area contributed by atoms with Crippen LogP contribution in [0.15, 0.2) is 52.0 Å². The first-order valence-corrected chi connectivity index (χ1v) is 11.8. The third kappa shape index (κ3) is 7.17. The number of hydrogen-bond acceptors (Lipinski definition) is 5. The molecule has 2 aromatic rings. The lowest BCUT2D eigenvalue weighted by molar-refractivity contribution is -0.117. The third-order valence-electron chi connectivity index (χ3n) is 4.53. The van der Waals surface area contributed by atoms with Crippen molar-refractivity contribution in [3.8, 4) is 0 Å². The second-order valence-corrected chi connectivity index (χ2v) is 10.5. The first kappa shape index (κ1) is 25.1. The summed E-state index contributed by atoms with van der Waals surface area (Å²) in [5.41, 5.74) is 1.65. The number of benzene rings is 1. The van der Waals surface area contributed by atoms with Crippen LogP contribution >= 0.6 is 33.9 Å². The largest absolute Gasteiger partial charge is 0.505 e. The Morgan fingerprint density at radius 2 is 2.00 bits per heavy atom. The Hall–Kier alpha value is -2.20. The predicted molar refractivity (Wildman–Crippen MR) is 139 cm³/mol. The zero-order chi connectivity index (χ0) is 23.2. The number of carbonyl (C=O) groups excluding carboxylic acids is 1. The predicted octanol–water partition coefficient (Wildman–Crippen LogP) is 5.53. The molecule has 4 N–H and O–H groups in total. The summed E-state index contributed by atoms with van der Waals surface area (Å²) in [5, 5.41) is 27.2. The number of hydrogen-bond donors (Lipinski definition) is 4. The summed E-state index contributed by atoms with van der Waals surface area (Å²) in [6, 6.07) is 9.39. The molecule has 0 saturated carbocycles. The number of amides is 1. The van der Waals surface area contributed by atoms with Gasteiger partial charge in [-0.15, -0.1) is 11.3 Å². The van der Waals surface area contributed by atoms with Crippen LogP contribution in [0.2, 0.25) is 0 Å². The first-order valence-electron chi connectivity index (χ1n) is 9.88. The highest BCUT2D eigenvalue weighted by Crippen LogP contribution is 2.22. The molecule has 1 aromatic carbocycles. The highest BCUT2D eigenvalue weighted by Gasteiger charge is 2.25. The average molecular weight is 552 g/mol. The lowest BCUT2D eigenvalue weighted by Crippen LogP contribution is -2.35. The van der Waals surface area contributed by atoms with Crippen molar-refractivity contribution in [2.24, 2.45) is 10.4 Å². The van der Waals surface area contributed by atoms with E-state index >= 15 is 0 Å². The molecule has 0 spiro atoms. The van der Waals surface area contributed by atoms with Gasteiger partial charge in [0.2, 0.25) is 0 Å². The Balaban J connectivity index is 2.42. The summed E-state index contributed by atoms with van der Waals surface area (Å²) in [4.78, 5) is 17.9. The number of amidine groups is 1. The number of aliphatic imine (C=N–C) groups is 1. The molecule has 0 unspecified atom stereocenters. The Labute approximate surface area is 201 Å². The van der Waals surface area contributed by atoms with Crippen LogP contribution < -0.4 is 10.6 Å². The van der Waals surface area contributed by atoms with Crippen LogP contribution in [0.1, 0.15) is 37.6 Å². The molecule has 2 rings (SSSR count). The maximum atomic E-state index is 13.1. The van der Waals surface area contributed by atoms with Crippen molar-refractivity contribution < 1.29 is 9.90 Å². The van der Waals surface area contributed by atoms with Crippen molar-refractivity contribution >= 4 is 57.1 Å². The van der Waals surface area contributed by atoms with Crippen LogP contribution in [0.25, 0.3) is 0 Å². The van der Waals surface area contributed by atoms with E-state index in [2.05, 4.69) is 59.0 Å². The fourth-order valence-corrected chi connectivity index (χ4v) is 4.08. The van der Waals surface area contributed by atoms with Gasteiger partial charge in [-0.05, 0) is 76.6 Å². The van der Waals surface area contributed by atoms with Crippen LogP contribution in [0, 0.1) is 21.3 Å². The molecular weight excluding hydrogens is 523 g/mol. The molecule has 0 aliphatic carbocycles. The highest BCUT2D eigenvalue weighted by molar-refractivity contribution is 14.1. The minimum atomic E-state index is -0.473. The lowest BCUT2D eigenvalue weighted by atomic mass is 9.92. The van der Waals surface area contributed by atoms with Crippen LogP contribution in [-0.4, -0.2) is 36.2 Å². The van der Waals surface area contributed by atoms with E-state index in [0.29, 0.717) is 11.4 Å². The molecule has 0 radical (unpaired) electrons. The van der Waals surface area contributed by atoms with Crippen LogP contribution in [0.5, 0.6) is 0 Å². The third-order valence-corrected chi connectivity index (χ3v) is 6.09. The van der Waals surface area contributed by atoms with Gasteiger partial charge in [-0.25, -0.2) is 0 Å². The summed E-state index contributed by atoms with van der Waals surface area (Å²) >= 11 is 3.56. The van der Waals surface area contributed by atoms with Crippen LogP contribution in [0.3, 0.4) is 0 Å². The molecule has 166 valence electrons. The summed E-state index contributed by atoms with van der Waals surface area (Å²) in [5.74, 6) is -0.678. The molecule has 1 aromatic heterocycles.